The van der Waals surface area contributed by atoms with Crippen molar-refractivity contribution in [1.29, 1.82) is 0 Å². The Balaban J connectivity index is 1.62. The van der Waals surface area contributed by atoms with Crippen molar-refractivity contribution in [1.82, 2.24) is 20.2 Å². The molecule has 1 aromatic rings. The van der Waals surface area contributed by atoms with Crippen LogP contribution in [0.4, 0.5) is 0 Å². The number of rotatable bonds is 5. The first-order valence-electron chi connectivity index (χ1n) is 6.69. The van der Waals surface area contributed by atoms with E-state index in [4.69, 9.17) is 5.11 Å². The molecular weight excluding hydrogens is 232 g/mol. The zero-order valence-corrected chi connectivity index (χ0v) is 10.3. The number of aromatic nitrogens is 4. The van der Waals surface area contributed by atoms with Gasteiger partial charge in [-0.25, -0.2) is 4.68 Å². The van der Waals surface area contributed by atoms with Gasteiger partial charge in [-0.2, -0.15) is 0 Å². The second-order valence-corrected chi connectivity index (χ2v) is 5.60. The smallest absolute Gasteiger partial charge is 0.305 e. The SMILES string of the molecule is O=C(O)CCn1nnnc1CC1CC2CCC1C2. The Kier molecular flexibility index (Phi) is 3.01. The monoisotopic (exact) mass is 250 g/mol. The van der Waals surface area contributed by atoms with E-state index < -0.39 is 5.97 Å². The average Bonchev–Trinajstić information content (AvgIpc) is 3.02. The fraction of sp³-hybridized carbons (Fsp3) is 0.833. The van der Waals surface area contributed by atoms with Crippen molar-refractivity contribution in [3.63, 3.8) is 0 Å². The van der Waals surface area contributed by atoms with Gasteiger partial charge in [0.1, 0.15) is 0 Å². The summed E-state index contributed by atoms with van der Waals surface area (Å²) in [7, 11) is 0. The lowest BCUT2D eigenvalue weighted by Crippen LogP contribution is -2.17. The number of hydrogen-bond donors (Lipinski definition) is 1. The molecule has 0 amide bonds. The Morgan fingerprint density at radius 1 is 1.39 bits per heavy atom. The number of aliphatic carboxylic acids is 1. The lowest BCUT2D eigenvalue weighted by atomic mass is 9.86. The van der Waals surface area contributed by atoms with E-state index in [-0.39, 0.29) is 6.42 Å². The summed E-state index contributed by atoms with van der Waals surface area (Å²) in [6, 6.07) is 0. The molecule has 0 spiro atoms. The minimum Gasteiger partial charge on any atom is -0.481 e. The number of nitrogens with zero attached hydrogens (tertiary/aromatic N) is 4. The van der Waals surface area contributed by atoms with Gasteiger partial charge in [-0.15, -0.1) is 5.10 Å². The van der Waals surface area contributed by atoms with Gasteiger partial charge in [0.25, 0.3) is 0 Å². The van der Waals surface area contributed by atoms with Gasteiger partial charge in [-0.3, -0.25) is 4.79 Å². The molecule has 0 aliphatic heterocycles. The van der Waals surface area contributed by atoms with Crippen molar-refractivity contribution in [2.24, 2.45) is 17.8 Å². The maximum Gasteiger partial charge on any atom is 0.305 e. The highest BCUT2D eigenvalue weighted by Crippen LogP contribution is 2.49. The van der Waals surface area contributed by atoms with Crippen LogP contribution in [0.2, 0.25) is 0 Å². The summed E-state index contributed by atoms with van der Waals surface area (Å²) >= 11 is 0. The van der Waals surface area contributed by atoms with Crippen molar-refractivity contribution in [2.75, 3.05) is 0 Å². The summed E-state index contributed by atoms with van der Waals surface area (Å²) in [5.41, 5.74) is 0. The van der Waals surface area contributed by atoms with Crippen LogP contribution in [0, 0.1) is 17.8 Å². The molecule has 3 rings (SSSR count). The summed E-state index contributed by atoms with van der Waals surface area (Å²) < 4.78 is 1.65. The van der Waals surface area contributed by atoms with Crippen LogP contribution in [0.3, 0.4) is 0 Å². The molecule has 18 heavy (non-hydrogen) atoms. The molecule has 98 valence electrons. The maximum atomic E-state index is 10.6. The van der Waals surface area contributed by atoms with Gasteiger partial charge in [0.2, 0.25) is 0 Å². The van der Waals surface area contributed by atoms with Gasteiger partial charge >= 0.3 is 5.97 Å². The zero-order valence-electron chi connectivity index (χ0n) is 10.3. The van der Waals surface area contributed by atoms with E-state index in [1.807, 2.05) is 0 Å². The highest BCUT2D eigenvalue weighted by Gasteiger charge is 2.39. The number of tetrazole rings is 1. The first kappa shape index (κ1) is 11.6. The first-order chi connectivity index (χ1) is 8.72. The summed E-state index contributed by atoms with van der Waals surface area (Å²) in [4.78, 5) is 10.6. The van der Waals surface area contributed by atoms with E-state index in [0.717, 1.165) is 24.1 Å². The fourth-order valence-electron chi connectivity index (χ4n) is 3.61. The van der Waals surface area contributed by atoms with Crippen molar-refractivity contribution in [3.8, 4) is 0 Å². The predicted octanol–water partition coefficient (Wildman–Crippen LogP) is 1.13. The number of aryl methyl sites for hydroxylation is 1. The number of fused-ring (bicyclic) bond motifs is 2. The summed E-state index contributed by atoms with van der Waals surface area (Å²) in [5.74, 6) is 2.52. The summed E-state index contributed by atoms with van der Waals surface area (Å²) in [6.45, 7) is 0.373. The maximum absolute atomic E-state index is 10.6. The van der Waals surface area contributed by atoms with Crippen LogP contribution in [-0.2, 0) is 17.8 Å². The second-order valence-electron chi connectivity index (χ2n) is 5.60. The molecule has 0 saturated heterocycles. The Morgan fingerprint density at radius 2 is 2.28 bits per heavy atom. The molecule has 0 radical (unpaired) electrons. The van der Waals surface area contributed by atoms with Gasteiger partial charge < -0.3 is 5.11 Å². The van der Waals surface area contributed by atoms with Gasteiger partial charge in [-0.1, -0.05) is 6.42 Å². The molecular formula is C12H18N4O2. The molecule has 2 aliphatic rings. The number of carboxylic acid groups (broad SMARTS) is 1. The van der Waals surface area contributed by atoms with E-state index in [0.29, 0.717) is 12.5 Å². The summed E-state index contributed by atoms with van der Waals surface area (Å²) in [6.07, 6.45) is 6.41. The quantitative estimate of drug-likeness (QED) is 0.847. The normalized spacial score (nSPS) is 29.9. The molecule has 3 unspecified atom stereocenters. The molecule has 1 N–H and O–H groups in total. The third kappa shape index (κ3) is 2.23. The van der Waals surface area contributed by atoms with Gasteiger partial charge in [0.05, 0.1) is 13.0 Å². The van der Waals surface area contributed by atoms with E-state index >= 15 is 0 Å². The van der Waals surface area contributed by atoms with Crippen LogP contribution in [-0.4, -0.2) is 31.3 Å². The minimum atomic E-state index is -0.809. The first-order valence-corrected chi connectivity index (χ1v) is 6.69. The molecule has 6 heteroatoms. The van der Waals surface area contributed by atoms with Crippen molar-refractivity contribution in [3.05, 3.63) is 5.82 Å². The molecule has 1 heterocycles. The second kappa shape index (κ2) is 4.66. The predicted molar refractivity (Wildman–Crippen MR) is 62.7 cm³/mol. The van der Waals surface area contributed by atoms with Crippen molar-refractivity contribution < 1.29 is 9.90 Å². The van der Waals surface area contributed by atoms with Gasteiger partial charge in [-0.05, 0) is 47.4 Å². The van der Waals surface area contributed by atoms with E-state index in [2.05, 4.69) is 15.5 Å². The zero-order chi connectivity index (χ0) is 12.5. The largest absolute Gasteiger partial charge is 0.481 e. The standard InChI is InChI=1S/C12H18N4O2/c17-12(18)3-4-16-11(13-14-15-16)7-10-6-8-1-2-9(10)5-8/h8-10H,1-7H2,(H,17,18). The van der Waals surface area contributed by atoms with Crippen molar-refractivity contribution >= 4 is 5.97 Å². The Bertz CT molecular complexity index is 445. The molecule has 0 aromatic carbocycles. The van der Waals surface area contributed by atoms with Crippen LogP contribution in [0.15, 0.2) is 0 Å². The minimum absolute atomic E-state index is 0.0781. The lowest BCUT2D eigenvalue weighted by Gasteiger charge is -2.20. The van der Waals surface area contributed by atoms with Crippen LogP contribution in [0.1, 0.15) is 37.9 Å². The molecule has 1 aromatic heterocycles. The van der Waals surface area contributed by atoms with E-state index in [1.54, 1.807) is 4.68 Å². The number of carboxylic acids is 1. The van der Waals surface area contributed by atoms with E-state index in [9.17, 15) is 4.79 Å². The molecule has 2 fully saturated rings. The lowest BCUT2D eigenvalue weighted by molar-refractivity contribution is -0.137. The van der Waals surface area contributed by atoms with E-state index in [1.165, 1.54) is 25.7 Å². The molecule has 2 aliphatic carbocycles. The third-order valence-corrected chi connectivity index (χ3v) is 4.47. The van der Waals surface area contributed by atoms with Crippen molar-refractivity contribution in [2.45, 2.75) is 45.1 Å². The van der Waals surface area contributed by atoms with Crippen LogP contribution < -0.4 is 0 Å². The van der Waals surface area contributed by atoms with Gasteiger partial charge in [0, 0.05) is 6.42 Å². The highest BCUT2D eigenvalue weighted by molar-refractivity contribution is 5.66. The van der Waals surface area contributed by atoms with Crippen LogP contribution >= 0.6 is 0 Å². The highest BCUT2D eigenvalue weighted by atomic mass is 16.4. The number of carbonyl (C=O) groups is 1. The Hall–Kier alpha value is -1.46. The Morgan fingerprint density at radius 3 is 2.94 bits per heavy atom. The van der Waals surface area contributed by atoms with Crippen LogP contribution in [0.25, 0.3) is 0 Å². The van der Waals surface area contributed by atoms with Gasteiger partial charge in [0.15, 0.2) is 5.82 Å². The molecule has 2 bridgehead atoms. The molecule has 3 atom stereocenters. The third-order valence-electron chi connectivity index (χ3n) is 4.47. The average molecular weight is 250 g/mol. The summed E-state index contributed by atoms with van der Waals surface area (Å²) in [5, 5.41) is 20.3. The number of hydrogen-bond acceptors (Lipinski definition) is 4. The molecule has 2 saturated carbocycles. The Labute approximate surface area is 105 Å². The van der Waals surface area contributed by atoms with Crippen LogP contribution in [0.5, 0.6) is 0 Å². The fourth-order valence-corrected chi connectivity index (χ4v) is 3.61. The topological polar surface area (TPSA) is 80.9 Å². The molecule has 6 nitrogen and oxygen atoms in total.